The SMILES string of the molecule is O[C@@H](CCl)CNCc1ccccc1. The minimum absolute atomic E-state index is 0.280. The van der Waals surface area contributed by atoms with Gasteiger partial charge in [-0.05, 0) is 5.56 Å². The van der Waals surface area contributed by atoms with E-state index in [2.05, 4.69) is 5.32 Å². The highest BCUT2D eigenvalue weighted by Gasteiger charge is 1.99. The molecule has 0 spiro atoms. The third-order valence-electron chi connectivity index (χ3n) is 1.73. The first-order valence-corrected chi connectivity index (χ1v) is 4.85. The van der Waals surface area contributed by atoms with E-state index < -0.39 is 6.10 Å². The van der Waals surface area contributed by atoms with Crippen molar-refractivity contribution in [2.75, 3.05) is 12.4 Å². The molecular weight excluding hydrogens is 186 g/mol. The molecule has 13 heavy (non-hydrogen) atoms. The summed E-state index contributed by atoms with van der Waals surface area (Å²) in [5.74, 6) is 0.280. The molecule has 0 fully saturated rings. The van der Waals surface area contributed by atoms with Gasteiger partial charge in [-0.1, -0.05) is 30.3 Å². The van der Waals surface area contributed by atoms with Crippen LogP contribution < -0.4 is 5.32 Å². The van der Waals surface area contributed by atoms with Crippen LogP contribution >= 0.6 is 11.6 Å². The summed E-state index contributed by atoms with van der Waals surface area (Å²) >= 11 is 5.44. The summed E-state index contributed by atoms with van der Waals surface area (Å²) in [6.07, 6.45) is -0.453. The van der Waals surface area contributed by atoms with Crippen molar-refractivity contribution < 1.29 is 5.11 Å². The minimum Gasteiger partial charge on any atom is -0.391 e. The van der Waals surface area contributed by atoms with Crippen molar-refractivity contribution in [2.24, 2.45) is 0 Å². The van der Waals surface area contributed by atoms with E-state index in [9.17, 15) is 0 Å². The van der Waals surface area contributed by atoms with E-state index in [-0.39, 0.29) is 5.88 Å². The number of rotatable bonds is 5. The molecule has 2 N–H and O–H groups in total. The summed E-state index contributed by atoms with van der Waals surface area (Å²) in [6.45, 7) is 1.31. The minimum atomic E-state index is -0.453. The van der Waals surface area contributed by atoms with Crippen LogP contribution in [-0.4, -0.2) is 23.6 Å². The van der Waals surface area contributed by atoms with E-state index in [0.29, 0.717) is 6.54 Å². The van der Waals surface area contributed by atoms with Crippen molar-refractivity contribution in [1.82, 2.24) is 5.32 Å². The number of hydrogen-bond acceptors (Lipinski definition) is 2. The van der Waals surface area contributed by atoms with E-state index in [1.807, 2.05) is 30.3 Å². The van der Waals surface area contributed by atoms with Gasteiger partial charge in [-0.3, -0.25) is 0 Å². The van der Waals surface area contributed by atoms with Crippen LogP contribution in [0.15, 0.2) is 30.3 Å². The normalized spacial score (nSPS) is 12.8. The monoisotopic (exact) mass is 199 g/mol. The highest BCUT2D eigenvalue weighted by molar-refractivity contribution is 6.18. The average molecular weight is 200 g/mol. The van der Waals surface area contributed by atoms with Crippen molar-refractivity contribution in [1.29, 1.82) is 0 Å². The fourth-order valence-corrected chi connectivity index (χ4v) is 1.14. The average Bonchev–Trinajstić information content (AvgIpc) is 2.19. The third kappa shape index (κ3) is 4.27. The van der Waals surface area contributed by atoms with Crippen molar-refractivity contribution >= 4 is 11.6 Å². The van der Waals surface area contributed by atoms with Crippen LogP contribution in [0.25, 0.3) is 0 Å². The Kier molecular flexibility index (Phi) is 4.83. The lowest BCUT2D eigenvalue weighted by Gasteiger charge is -2.08. The van der Waals surface area contributed by atoms with Gasteiger partial charge in [0, 0.05) is 19.0 Å². The van der Waals surface area contributed by atoms with Gasteiger partial charge < -0.3 is 10.4 Å². The quantitative estimate of drug-likeness (QED) is 0.703. The molecule has 0 saturated carbocycles. The van der Waals surface area contributed by atoms with E-state index in [4.69, 9.17) is 16.7 Å². The van der Waals surface area contributed by atoms with Crippen molar-refractivity contribution in [3.05, 3.63) is 35.9 Å². The molecule has 2 nitrogen and oxygen atoms in total. The van der Waals surface area contributed by atoms with E-state index in [1.165, 1.54) is 5.56 Å². The molecule has 72 valence electrons. The van der Waals surface area contributed by atoms with Crippen LogP contribution in [0.5, 0.6) is 0 Å². The first-order chi connectivity index (χ1) is 6.33. The van der Waals surface area contributed by atoms with Crippen LogP contribution in [0, 0.1) is 0 Å². The van der Waals surface area contributed by atoms with Gasteiger partial charge in [-0.25, -0.2) is 0 Å². The number of aliphatic hydroxyl groups is 1. The van der Waals surface area contributed by atoms with Crippen LogP contribution in [0.4, 0.5) is 0 Å². The lowest BCUT2D eigenvalue weighted by Crippen LogP contribution is -2.27. The van der Waals surface area contributed by atoms with Crippen LogP contribution in [0.2, 0.25) is 0 Å². The van der Waals surface area contributed by atoms with Crippen LogP contribution in [-0.2, 0) is 6.54 Å². The highest BCUT2D eigenvalue weighted by Crippen LogP contribution is 1.97. The lowest BCUT2D eigenvalue weighted by molar-refractivity contribution is 0.194. The molecular formula is C10H14ClNO. The summed E-state index contributed by atoms with van der Waals surface area (Å²) < 4.78 is 0. The molecule has 1 rings (SSSR count). The molecule has 1 aromatic rings. The molecule has 3 heteroatoms. The van der Waals surface area contributed by atoms with Crippen LogP contribution in [0.3, 0.4) is 0 Å². The standard InChI is InChI=1S/C10H14ClNO/c11-6-10(13)8-12-7-9-4-2-1-3-5-9/h1-5,10,12-13H,6-8H2/t10-/m0/s1. The molecule has 0 aliphatic carbocycles. The molecule has 0 aliphatic rings. The van der Waals surface area contributed by atoms with E-state index in [1.54, 1.807) is 0 Å². The molecule has 1 aromatic carbocycles. The zero-order chi connectivity index (χ0) is 9.52. The van der Waals surface area contributed by atoms with Gasteiger partial charge >= 0.3 is 0 Å². The maximum Gasteiger partial charge on any atom is 0.0799 e. The number of aliphatic hydroxyl groups excluding tert-OH is 1. The summed E-state index contributed by atoms with van der Waals surface area (Å²) in [5, 5.41) is 12.3. The topological polar surface area (TPSA) is 32.3 Å². The lowest BCUT2D eigenvalue weighted by atomic mass is 10.2. The molecule has 0 amide bonds. The first kappa shape index (κ1) is 10.5. The maximum absolute atomic E-state index is 9.14. The molecule has 0 bridgehead atoms. The zero-order valence-corrected chi connectivity index (χ0v) is 8.17. The van der Waals surface area contributed by atoms with Gasteiger partial charge in [-0.2, -0.15) is 0 Å². The van der Waals surface area contributed by atoms with E-state index >= 15 is 0 Å². The smallest absolute Gasteiger partial charge is 0.0799 e. The number of halogens is 1. The Morgan fingerprint density at radius 3 is 2.62 bits per heavy atom. The Labute approximate surface area is 83.5 Å². The number of nitrogens with one attached hydrogen (secondary N) is 1. The Balaban J connectivity index is 2.20. The zero-order valence-electron chi connectivity index (χ0n) is 7.41. The summed E-state index contributed by atoms with van der Waals surface area (Å²) in [5.41, 5.74) is 1.21. The highest BCUT2D eigenvalue weighted by atomic mass is 35.5. The van der Waals surface area contributed by atoms with Gasteiger partial charge in [0.1, 0.15) is 0 Å². The molecule has 0 heterocycles. The Morgan fingerprint density at radius 1 is 1.31 bits per heavy atom. The second-order valence-corrected chi connectivity index (χ2v) is 3.23. The summed E-state index contributed by atoms with van der Waals surface area (Å²) in [4.78, 5) is 0. The number of hydrogen-bond donors (Lipinski definition) is 2. The Hall–Kier alpha value is -0.570. The van der Waals surface area contributed by atoms with Gasteiger partial charge in [0.2, 0.25) is 0 Å². The predicted octanol–water partition coefficient (Wildman–Crippen LogP) is 1.38. The summed E-state index contributed by atoms with van der Waals surface area (Å²) in [6, 6.07) is 10.1. The second-order valence-electron chi connectivity index (χ2n) is 2.92. The third-order valence-corrected chi connectivity index (χ3v) is 2.09. The molecule has 0 saturated heterocycles. The van der Waals surface area contributed by atoms with Gasteiger partial charge in [0.05, 0.1) is 6.10 Å². The van der Waals surface area contributed by atoms with Crippen molar-refractivity contribution in [2.45, 2.75) is 12.6 Å². The van der Waals surface area contributed by atoms with Gasteiger partial charge in [0.15, 0.2) is 0 Å². The Bertz CT molecular complexity index is 228. The van der Waals surface area contributed by atoms with Crippen molar-refractivity contribution in [3.8, 4) is 0 Å². The maximum atomic E-state index is 9.14. The first-order valence-electron chi connectivity index (χ1n) is 4.31. The molecule has 0 aliphatic heterocycles. The predicted molar refractivity (Wildman–Crippen MR) is 54.9 cm³/mol. The largest absolute Gasteiger partial charge is 0.391 e. The fraction of sp³-hybridized carbons (Fsp3) is 0.400. The van der Waals surface area contributed by atoms with Gasteiger partial charge in [0.25, 0.3) is 0 Å². The molecule has 0 radical (unpaired) electrons. The molecule has 0 aromatic heterocycles. The van der Waals surface area contributed by atoms with Crippen molar-refractivity contribution in [3.63, 3.8) is 0 Å². The molecule has 1 atom stereocenters. The number of alkyl halides is 1. The van der Waals surface area contributed by atoms with Gasteiger partial charge in [-0.15, -0.1) is 11.6 Å². The second kappa shape index (κ2) is 5.97. The summed E-state index contributed by atoms with van der Waals surface area (Å²) in [7, 11) is 0. The fourth-order valence-electron chi connectivity index (χ4n) is 1.03. The Morgan fingerprint density at radius 2 is 2.00 bits per heavy atom. The molecule has 0 unspecified atom stereocenters. The van der Waals surface area contributed by atoms with Crippen LogP contribution in [0.1, 0.15) is 5.56 Å². The van der Waals surface area contributed by atoms with E-state index in [0.717, 1.165) is 6.54 Å². The number of benzene rings is 1.